The summed E-state index contributed by atoms with van der Waals surface area (Å²) in [6.45, 7) is 0.249. The molecule has 7 nitrogen and oxygen atoms in total. The van der Waals surface area contributed by atoms with E-state index < -0.39 is 23.7 Å². The Hall–Kier alpha value is -2.46. The Bertz CT molecular complexity index is 810. The van der Waals surface area contributed by atoms with E-state index in [0.29, 0.717) is 35.9 Å². The van der Waals surface area contributed by atoms with Gasteiger partial charge in [-0.15, -0.1) is 0 Å². The molecule has 0 unspecified atom stereocenters. The number of Topliss-reactive ketones (excluding diaryl/α,β-unsaturated/α-hetero) is 1. The molecule has 1 saturated heterocycles. The largest absolute Gasteiger partial charge is 0.416 e. The minimum atomic E-state index is -4.45. The number of halogens is 3. The summed E-state index contributed by atoms with van der Waals surface area (Å²) < 4.78 is 38.2. The number of rotatable bonds is 9. The van der Waals surface area contributed by atoms with Gasteiger partial charge in [0.1, 0.15) is 6.04 Å². The average molecular weight is 455 g/mol. The van der Waals surface area contributed by atoms with Crippen LogP contribution < -0.4 is 5.43 Å². The second-order valence-electron chi connectivity index (χ2n) is 8.57. The third-order valence-electron chi connectivity index (χ3n) is 6.25. The number of hydrogen-bond donors (Lipinski definition) is 2. The van der Waals surface area contributed by atoms with Crippen molar-refractivity contribution in [2.45, 2.75) is 57.2 Å². The fourth-order valence-electron chi connectivity index (χ4n) is 4.60. The molecule has 1 saturated carbocycles. The number of carbonyl (C=O) groups excluding carboxylic acids is 3. The highest BCUT2D eigenvalue weighted by Gasteiger charge is 2.38. The molecule has 2 fully saturated rings. The molecule has 2 N–H and O–H groups in total. The smallest absolute Gasteiger partial charge is 0.297 e. The molecular weight excluding hydrogens is 427 g/mol. The topological polar surface area (TPSA) is 90.0 Å². The fourth-order valence-corrected chi connectivity index (χ4v) is 4.60. The molecular formula is C22H28F3N3O4. The van der Waals surface area contributed by atoms with Crippen LogP contribution in [-0.4, -0.2) is 52.5 Å². The van der Waals surface area contributed by atoms with Crippen LogP contribution in [0.3, 0.4) is 0 Å². The highest BCUT2D eigenvalue weighted by Crippen LogP contribution is 2.32. The minimum Gasteiger partial charge on any atom is -0.297 e. The summed E-state index contributed by atoms with van der Waals surface area (Å²) in [5.41, 5.74) is 2.58. The van der Waals surface area contributed by atoms with Gasteiger partial charge in [-0.05, 0) is 36.5 Å². The molecule has 1 aliphatic heterocycles. The van der Waals surface area contributed by atoms with Crippen LogP contribution in [0.1, 0.15) is 49.7 Å². The Morgan fingerprint density at radius 3 is 2.44 bits per heavy atom. The Morgan fingerprint density at radius 1 is 1.19 bits per heavy atom. The maximum atomic E-state index is 13.2. The Kier molecular flexibility index (Phi) is 7.89. The van der Waals surface area contributed by atoms with Crippen molar-refractivity contribution in [2.75, 3.05) is 13.1 Å². The molecule has 0 spiro atoms. The van der Waals surface area contributed by atoms with Crippen molar-refractivity contribution in [1.29, 1.82) is 0 Å². The van der Waals surface area contributed by atoms with Crippen LogP contribution in [0.4, 0.5) is 13.2 Å². The molecule has 2 atom stereocenters. The van der Waals surface area contributed by atoms with Crippen LogP contribution in [0.2, 0.25) is 0 Å². The zero-order valence-corrected chi connectivity index (χ0v) is 17.7. The summed E-state index contributed by atoms with van der Waals surface area (Å²) in [6.07, 6.45) is 0.745. The standard InChI is InChI=1S/C22H28F3N3O4/c23-22(24,25)18-7-5-16(6-8-18)12-20(30)19-9-10-26-28(19)21(31)17(13-27(32)14-29)11-15-3-1-2-4-15/h5-8,14-15,17,19,26,32H,1-4,9-13H2/t17-,19+/m1/s1. The van der Waals surface area contributed by atoms with Crippen molar-refractivity contribution in [3.8, 4) is 0 Å². The van der Waals surface area contributed by atoms with Gasteiger partial charge in [0.05, 0.1) is 18.0 Å². The van der Waals surface area contributed by atoms with Crippen LogP contribution in [0.15, 0.2) is 24.3 Å². The summed E-state index contributed by atoms with van der Waals surface area (Å²) in [7, 11) is 0. The number of hydroxylamine groups is 2. The van der Waals surface area contributed by atoms with Crippen molar-refractivity contribution < 1.29 is 32.8 Å². The first kappa shape index (κ1) is 24.2. The Labute approximate surface area is 184 Å². The van der Waals surface area contributed by atoms with Crippen molar-refractivity contribution in [3.05, 3.63) is 35.4 Å². The molecule has 32 heavy (non-hydrogen) atoms. The lowest BCUT2D eigenvalue weighted by molar-refractivity contribution is -0.159. The van der Waals surface area contributed by atoms with Crippen molar-refractivity contribution in [2.24, 2.45) is 11.8 Å². The number of amides is 2. The highest BCUT2D eigenvalue weighted by atomic mass is 19.4. The zero-order valence-electron chi connectivity index (χ0n) is 17.7. The molecule has 10 heteroatoms. The summed E-state index contributed by atoms with van der Waals surface area (Å²) in [5.74, 6) is -0.965. The van der Waals surface area contributed by atoms with Gasteiger partial charge in [0.25, 0.3) is 0 Å². The third kappa shape index (κ3) is 6.07. The van der Waals surface area contributed by atoms with Gasteiger partial charge in [-0.1, -0.05) is 37.8 Å². The number of ketones is 1. The number of carbonyl (C=O) groups is 3. The number of hydrogen-bond acceptors (Lipinski definition) is 5. The molecule has 1 heterocycles. The van der Waals surface area contributed by atoms with E-state index in [-0.39, 0.29) is 31.1 Å². The maximum absolute atomic E-state index is 13.2. The third-order valence-corrected chi connectivity index (χ3v) is 6.25. The number of nitrogens with one attached hydrogen (secondary N) is 1. The van der Waals surface area contributed by atoms with Crippen LogP contribution in [0, 0.1) is 11.8 Å². The van der Waals surface area contributed by atoms with Crippen molar-refractivity contribution in [1.82, 2.24) is 15.5 Å². The van der Waals surface area contributed by atoms with E-state index in [1.165, 1.54) is 17.1 Å². The van der Waals surface area contributed by atoms with Gasteiger partial charge in [-0.3, -0.25) is 24.6 Å². The highest BCUT2D eigenvalue weighted by molar-refractivity contribution is 5.91. The summed E-state index contributed by atoms with van der Waals surface area (Å²) in [4.78, 5) is 37.0. The van der Waals surface area contributed by atoms with E-state index in [2.05, 4.69) is 5.43 Å². The van der Waals surface area contributed by atoms with Gasteiger partial charge in [0.15, 0.2) is 5.78 Å². The van der Waals surface area contributed by atoms with E-state index in [4.69, 9.17) is 0 Å². The number of benzene rings is 1. The van der Waals surface area contributed by atoms with Crippen LogP contribution in [0.25, 0.3) is 0 Å². The van der Waals surface area contributed by atoms with Crippen molar-refractivity contribution >= 4 is 18.1 Å². The predicted molar refractivity (Wildman–Crippen MR) is 108 cm³/mol. The van der Waals surface area contributed by atoms with E-state index in [9.17, 15) is 32.8 Å². The van der Waals surface area contributed by atoms with Gasteiger partial charge in [-0.25, -0.2) is 10.5 Å². The predicted octanol–water partition coefficient (Wildman–Crippen LogP) is 2.97. The second-order valence-corrected chi connectivity index (χ2v) is 8.57. The van der Waals surface area contributed by atoms with Gasteiger partial charge in [0, 0.05) is 13.0 Å². The summed E-state index contributed by atoms with van der Waals surface area (Å²) in [5, 5.41) is 11.4. The number of hydrazine groups is 1. The first-order valence-electron chi connectivity index (χ1n) is 10.8. The second kappa shape index (κ2) is 10.4. The van der Waals surface area contributed by atoms with E-state index in [1.807, 2.05) is 0 Å². The van der Waals surface area contributed by atoms with Gasteiger partial charge in [0.2, 0.25) is 12.3 Å². The lowest BCUT2D eigenvalue weighted by atomic mass is 9.91. The summed E-state index contributed by atoms with van der Waals surface area (Å²) >= 11 is 0. The van der Waals surface area contributed by atoms with Gasteiger partial charge >= 0.3 is 6.18 Å². The molecule has 1 aliphatic carbocycles. The monoisotopic (exact) mass is 455 g/mol. The molecule has 0 bridgehead atoms. The zero-order chi connectivity index (χ0) is 23.3. The molecule has 1 aromatic carbocycles. The minimum absolute atomic E-state index is 0.0952. The average Bonchev–Trinajstić information content (AvgIpc) is 3.44. The lowest BCUT2D eigenvalue weighted by Crippen LogP contribution is -2.50. The molecule has 0 aromatic heterocycles. The van der Waals surface area contributed by atoms with Gasteiger partial charge < -0.3 is 0 Å². The Morgan fingerprint density at radius 2 is 1.84 bits per heavy atom. The molecule has 2 aliphatic rings. The molecule has 2 amide bonds. The van der Waals surface area contributed by atoms with Crippen LogP contribution >= 0.6 is 0 Å². The molecule has 3 rings (SSSR count). The normalized spacial score (nSPS) is 20.4. The van der Waals surface area contributed by atoms with Crippen molar-refractivity contribution in [3.63, 3.8) is 0 Å². The number of alkyl halides is 3. The molecule has 176 valence electrons. The SMILES string of the molecule is O=CN(O)C[C@@H](CC1CCCC1)C(=O)N1NCC[C@H]1C(=O)Cc1ccc(C(F)(F)F)cc1. The first-order chi connectivity index (χ1) is 15.2. The van der Waals surface area contributed by atoms with E-state index in [0.717, 1.165) is 37.8 Å². The van der Waals surface area contributed by atoms with Gasteiger partial charge in [-0.2, -0.15) is 13.2 Å². The lowest BCUT2D eigenvalue weighted by Gasteiger charge is -2.30. The number of nitrogens with zero attached hydrogens (tertiary/aromatic N) is 2. The first-order valence-corrected chi connectivity index (χ1v) is 10.8. The van der Waals surface area contributed by atoms with Crippen LogP contribution in [-0.2, 0) is 27.0 Å². The Balaban J connectivity index is 1.68. The quantitative estimate of drug-likeness (QED) is 0.340. The summed E-state index contributed by atoms with van der Waals surface area (Å²) in [6, 6.07) is 3.66. The van der Waals surface area contributed by atoms with Crippen LogP contribution in [0.5, 0.6) is 0 Å². The molecule has 0 radical (unpaired) electrons. The fraction of sp³-hybridized carbons (Fsp3) is 0.591. The maximum Gasteiger partial charge on any atom is 0.416 e. The molecule has 1 aromatic rings. The van der Waals surface area contributed by atoms with E-state index in [1.54, 1.807) is 0 Å². The van der Waals surface area contributed by atoms with E-state index >= 15 is 0 Å².